The fraction of sp³-hybridized carbons (Fsp3) is 0.556. The fourth-order valence-corrected chi connectivity index (χ4v) is 1.09. The monoisotopic (exact) mass is 166 g/mol. The first kappa shape index (κ1) is 7.68. The van der Waals surface area contributed by atoms with E-state index in [-0.39, 0.29) is 0 Å². The van der Waals surface area contributed by atoms with E-state index in [1.165, 1.54) is 12.8 Å². The number of ether oxygens (including phenoxy) is 1. The highest BCUT2D eigenvalue weighted by Gasteiger charge is 2.21. The molecule has 2 N–H and O–H groups in total. The van der Waals surface area contributed by atoms with E-state index in [1.807, 2.05) is 18.5 Å². The molecule has 0 spiro atoms. The van der Waals surface area contributed by atoms with Crippen LogP contribution in [-0.2, 0) is 4.74 Å². The van der Waals surface area contributed by atoms with Crippen LogP contribution < -0.4 is 5.32 Å². The van der Waals surface area contributed by atoms with Crippen LogP contribution in [-0.4, -0.2) is 24.2 Å². The molecule has 1 fully saturated rings. The van der Waals surface area contributed by atoms with E-state index in [0.29, 0.717) is 6.10 Å². The van der Waals surface area contributed by atoms with Crippen molar-refractivity contribution < 1.29 is 4.74 Å². The van der Waals surface area contributed by atoms with Crippen LogP contribution in [0.2, 0.25) is 0 Å². The lowest BCUT2D eigenvalue weighted by Crippen LogP contribution is -2.09. The number of aromatic nitrogens is 1. The number of hydrogen-bond donors (Lipinski definition) is 2. The number of rotatable bonds is 5. The van der Waals surface area contributed by atoms with Crippen LogP contribution in [0.5, 0.6) is 0 Å². The Kier molecular flexibility index (Phi) is 2.32. The Labute approximate surface area is 72.1 Å². The van der Waals surface area contributed by atoms with Crippen LogP contribution in [0, 0.1) is 0 Å². The van der Waals surface area contributed by atoms with E-state index < -0.39 is 0 Å². The Bertz CT molecular complexity index is 216. The lowest BCUT2D eigenvalue weighted by Gasteiger charge is -2.03. The van der Waals surface area contributed by atoms with Crippen molar-refractivity contribution in [2.75, 3.05) is 18.5 Å². The molecule has 0 aromatic carbocycles. The van der Waals surface area contributed by atoms with Gasteiger partial charge in [0.2, 0.25) is 0 Å². The van der Waals surface area contributed by atoms with Crippen molar-refractivity contribution in [2.45, 2.75) is 18.9 Å². The van der Waals surface area contributed by atoms with Gasteiger partial charge in [0.1, 0.15) is 0 Å². The van der Waals surface area contributed by atoms with Crippen LogP contribution >= 0.6 is 0 Å². The smallest absolute Gasteiger partial charge is 0.0642 e. The van der Waals surface area contributed by atoms with Crippen molar-refractivity contribution in [2.24, 2.45) is 0 Å². The van der Waals surface area contributed by atoms with E-state index >= 15 is 0 Å². The molecule has 1 heterocycles. The number of aromatic amines is 1. The summed E-state index contributed by atoms with van der Waals surface area (Å²) in [5, 5.41) is 3.25. The van der Waals surface area contributed by atoms with E-state index in [2.05, 4.69) is 10.3 Å². The van der Waals surface area contributed by atoms with Crippen LogP contribution in [0.3, 0.4) is 0 Å². The first-order chi connectivity index (χ1) is 5.95. The molecule has 1 aromatic heterocycles. The minimum Gasteiger partial charge on any atom is -0.382 e. The average Bonchev–Trinajstić information content (AvgIpc) is 2.76. The van der Waals surface area contributed by atoms with Gasteiger partial charge in [-0.1, -0.05) is 0 Å². The van der Waals surface area contributed by atoms with Gasteiger partial charge in [-0.2, -0.15) is 0 Å². The summed E-state index contributed by atoms with van der Waals surface area (Å²) in [5.74, 6) is 0. The van der Waals surface area contributed by atoms with Gasteiger partial charge in [0.15, 0.2) is 0 Å². The summed E-state index contributed by atoms with van der Waals surface area (Å²) in [6.45, 7) is 1.71. The van der Waals surface area contributed by atoms with Gasteiger partial charge in [0.25, 0.3) is 0 Å². The van der Waals surface area contributed by atoms with Gasteiger partial charge in [-0.3, -0.25) is 0 Å². The Morgan fingerprint density at radius 2 is 2.50 bits per heavy atom. The summed E-state index contributed by atoms with van der Waals surface area (Å²) < 4.78 is 5.48. The lowest BCUT2D eigenvalue weighted by molar-refractivity contribution is 0.129. The molecule has 0 bridgehead atoms. The normalized spacial score (nSPS) is 16.3. The second kappa shape index (κ2) is 3.63. The molecule has 0 unspecified atom stereocenters. The maximum absolute atomic E-state index is 5.48. The van der Waals surface area contributed by atoms with Gasteiger partial charge in [-0.15, -0.1) is 0 Å². The van der Waals surface area contributed by atoms with Gasteiger partial charge >= 0.3 is 0 Å². The van der Waals surface area contributed by atoms with Crippen LogP contribution in [0.4, 0.5) is 5.69 Å². The molecule has 0 aliphatic heterocycles. The van der Waals surface area contributed by atoms with Gasteiger partial charge in [-0.25, -0.2) is 0 Å². The third-order valence-corrected chi connectivity index (χ3v) is 1.91. The minimum absolute atomic E-state index is 0.568. The molecule has 0 atom stereocenters. The van der Waals surface area contributed by atoms with Crippen LogP contribution in [0.25, 0.3) is 0 Å². The molecule has 1 aliphatic rings. The fourth-order valence-electron chi connectivity index (χ4n) is 1.09. The highest BCUT2D eigenvalue weighted by atomic mass is 16.5. The SMILES string of the molecule is c1cc(NCCOC2CC2)c[nH]1. The summed E-state index contributed by atoms with van der Waals surface area (Å²) in [6.07, 6.45) is 6.92. The predicted octanol–water partition coefficient (Wildman–Crippen LogP) is 1.61. The summed E-state index contributed by atoms with van der Waals surface area (Å²) in [7, 11) is 0. The molecular formula is C9H14N2O. The second-order valence-corrected chi connectivity index (χ2v) is 3.10. The van der Waals surface area contributed by atoms with Crippen LogP contribution in [0.1, 0.15) is 12.8 Å². The highest BCUT2D eigenvalue weighted by molar-refractivity contribution is 5.39. The lowest BCUT2D eigenvalue weighted by atomic mass is 10.5. The van der Waals surface area contributed by atoms with Crippen molar-refractivity contribution in [3.05, 3.63) is 18.5 Å². The largest absolute Gasteiger partial charge is 0.382 e. The quantitative estimate of drug-likeness (QED) is 0.652. The topological polar surface area (TPSA) is 37.0 Å². The number of H-pyrrole nitrogens is 1. The maximum atomic E-state index is 5.48. The third-order valence-electron chi connectivity index (χ3n) is 1.91. The maximum Gasteiger partial charge on any atom is 0.0642 e. The third kappa shape index (κ3) is 2.27. The molecule has 2 rings (SSSR count). The Morgan fingerprint density at radius 1 is 1.58 bits per heavy atom. The molecule has 12 heavy (non-hydrogen) atoms. The van der Waals surface area contributed by atoms with Crippen molar-refractivity contribution in [3.8, 4) is 0 Å². The van der Waals surface area contributed by atoms with Crippen molar-refractivity contribution in [1.82, 2.24) is 4.98 Å². The average molecular weight is 166 g/mol. The molecular weight excluding hydrogens is 152 g/mol. The molecule has 66 valence electrons. The van der Waals surface area contributed by atoms with Gasteiger partial charge in [0, 0.05) is 18.9 Å². The molecule has 1 aliphatic carbocycles. The zero-order valence-electron chi connectivity index (χ0n) is 7.05. The van der Waals surface area contributed by atoms with E-state index in [4.69, 9.17) is 4.74 Å². The molecule has 0 saturated heterocycles. The number of hydrogen-bond acceptors (Lipinski definition) is 2. The summed E-state index contributed by atoms with van der Waals surface area (Å²) >= 11 is 0. The molecule has 0 amide bonds. The van der Waals surface area contributed by atoms with E-state index in [9.17, 15) is 0 Å². The predicted molar refractivity (Wildman–Crippen MR) is 48.3 cm³/mol. The summed E-state index contributed by atoms with van der Waals surface area (Å²) in [4.78, 5) is 2.99. The Balaban J connectivity index is 1.56. The second-order valence-electron chi connectivity index (χ2n) is 3.10. The van der Waals surface area contributed by atoms with Gasteiger partial charge in [0.05, 0.1) is 18.4 Å². The Hall–Kier alpha value is -0.960. The van der Waals surface area contributed by atoms with Crippen LogP contribution in [0.15, 0.2) is 18.5 Å². The van der Waals surface area contributed by atoms with E-state index in [0.717, 1.165) is 18.8 Å². The number of nitrogens with one attached hydrogen (secondary N) is 2. The summed E-state index contributed by atoms with van der Waals surface area (Å²) in [6, 6.07) is 2.01. The zero-order chi connectivity index (χ0) is 8.23. The highest BCUT2D eigenvalue weighted by Crippen LogP contribution is 2.22. The first-order valence-corrected chi connectivity index (χ1v) is 4.43. The van der Waals surface area contributed by atoms with Gasteiger partial charge in [-0.05, 0) is 18.9 Å². The zero-order valence-corrected chi connectivity index (χ0v) is 7.05. The van der Waals surface area contributed by atoms with Gasteiger partial charge < -0.3 is 15.0 Å². The summed E-state index contributed by atoms with van der Waals surface area (Å²) in [5.41, 5.74) is 1.13. The number of anilines is 1. The van der Waals surface area contributed by atoms with Crippen molar-refractivity contribution in [3.63, 3.8) is 0 Å². The molecule has 0 radical (unpaired) electrons. The van der Waals surface area contributed by atoms with Crippen molar-refractivity contribution in [1.29, 1.82) is 0 Å². The van der Waals surface area contributed by atoms with E-state index in [1.54, 1.807) is 0 Å². The standard InChI is InChI=1S/C9H14N2O/c1-2-9(1)12-6-5-11-8-3-4-10-7-8/h3-4,7,9-11H,1-2,5-6H2. The molecule has 1 saturated carbocycles. The Morgan fingerprint density at radius 3 is 3.17 bits per heavy atom. The first-order valence-electron chi connectivity index (χ1n) is 4.43. The van der Waals surface area contributed by atoms with Crippen molar-refractivity contribution >= 4 is 5.69 Å². The molecule has 3 heteroatoms. The minimum atomic E-state index is 0.568. The molecule has 1 aromatic rings. The molecule has 3 nitrogen and oxygen atoms in total.